The van der Waals surface area contributed by atoms with Crippen molar-refractivity contribution in [3.63, 3.8) is 0 Å². The molecular weight excluding hydrogens is 200 g/mol. The van der Waals surface area contributed by atoms with Gasteiger partial charge in [-0.25, -0.2) is 4.79 Å². The molecule has 0 aromatic carbocycles. The van der Waals surface area contributed by atoms with Crippen molar-refractivity contribution >= 4 is 11.9 Å². The van der Waals surface area contributed by atoms with Gasteiger partial charge in [-0.15, -0.1) is 0 Å². The Bertz CT molecular complexity index is 220. The van der Waals surface area contributed by atoms with E-state index in [0.29, 0.717) is 13.0 Å². The summed E-state index contributed by atoms with van der Waals surface area (Å²) in [5.41, 5.74) is 5.34. The van der Waals surface area contributed by atoms with E-state index >= 15 is 0 Å². The maximum atomic E-state index is 11.2. The molecule has 15 heavy (non-hydrogen) atoms. The van der Waals surface area contributed by atoms with E-state index in [1.165, 1.54) is 0 Å². The lowest BCUT2D eigenvalue weighted by Crippen LogP contribution is -2.31. The van der Waals surface area contributed by atoms with Crippen LogP contribution in [0, 0.1) is 5.92 Å². The van der Waals surface area contributed by atoms with Gasteiger partial charge in [0.15, 0.2) is 6.10 Å². The highest BCUT2D eigenvalue weighted by Crippen LogP contribution is 1.98. The molecule has 5 N–H and O–H groups in total. The lowest BCUT2D eigenvalue weighted by molar-refractivity contribution is -0.147. The Morgan fingerprint density at radius 1 is 1.47 bits per heavy atom. The zero-order valence-electron chi connectivity index (χ0n) is 8.77. The maximum Gasteiger partial charge on any atom is 0.332 e. The second kappa shape index (κ2) is 7.19. The molecular formula is C9H18N2O4. The van der Waals surface area contributed by atoms with Gasteiger partial charge < -0.3 is 21.3 Å². The van der Waals surface area contributed by atoms with Crippen LogP contribution < -0.4 is 11.1 Å². The highest BCUT2D eigenvalue weighted by atomic mass is 16.4. The fourth-order valence-corrected chi connectivity index (χ4v) is 0.944. The summed E-state index contributed by atoms with van der Waals surface area (Å²) in [4.78, 5) is 21.4. The molecule has 0 saturated heterocycles. The summed E-state index contributed by atoms with van der Waals surface area (Å²) >= 11 is 0. The first-order chi connectivity index (χ1) is 6.97. The number of nitrogens with one attached hydrogen (secondary N) is 1. The molecule has 6 nitrogen and oxygen atoms in total. The third-order valence-electron chi connectivity index (χ3n) is 1.96. The molecule has 2 unspecified atom stereocenters. The van der Waals surface area contributed by atoms with Crippen molar-refractivity contribution in [2.75, 3.05) is 13.1 Å². The number of carbonyl (C=O) groups excluding carboxylic acids is 1. The number of carboxylic acids is 1. The zero-order chi connectivity index (χ0) is 11.8. The van der Waals surface area contributed by atoms with Crippen LogP contribution in [0.1, 0.15) is 19.8 Å². The Balaban J connectivity index is 3.59. The molecule has 0 aromatic heterocycles. The van der Waals surface area contributed by atoms with Crippen molar-refractivity contribution in [3.8, 4) is 0 Å². The minimum Gasteiger partial charge on any atom is -0.479 e. The van der Waals surface area contributed by atoms with E-state index in [1.54, 1.807) is 0 Å². The first-order valence-electron chi connectivity index (χ1n) is 4.85. The van der Waals surface area contributed by atoms with Gasteiger partial charge >= 0.3 is 5.97 Å². The fraction of sp³-hybridized carbons (Fsp3) is 0.778. The third kappa shape index (κ3) is 6.87. The summed E-state index contributed by atoms with van der Waals surface area (Å²) in [6.45, 7) is 2.44. The van der Waals surface area contributed by atoms with E-state index in [2.05, 4.69) is 5.32 Å². The first-order valence-corrected chi connectivity index (χ1v) is 4.85. The molecule has 0 rings (SSSR count). The normalized spacial score (nSPS) is 14.3. The van der Waals surface area contributed by atoms with E-state index in [0.717, 1.165) is 0 Å². The van der Waals surface area contributed by atoms with E-state index in [9.17, 15) is 9.59 Å². The molecule has 1 amide bonds. The standard InChI is InChI=1S/C9H18N2O4/c1-6(5-10)4-8(13)11-3-2-7(12)9(14)15/h6-7,12H,2-5,10H2,1H3,(H,11,13)(H,14,15). The number of carbonyl (C=O) groups is 2. The summed E-state index contributed by atoms with van der Waals surface area (Å²) in [6, 6.07) is 0. The van der Waals surface area contributed by atoms with Crippen molar-refractivity contribution in [1.29, 1.82) is 0 Å². The summed E-state index contributed by atoms with van der Waals surface area (Å²) in [6.07, 6.45) is -1.09. The van der Waals surface area contributed by atoms with Crippen LogP contribution in [0.3, 0.4) is 0 Å². The summed E-state index contributed by atoms with van der Waals surface area (Å²) in [7, 11) is 0. The lowest BCUT2D eigenvalue weighted by atomic mass is 10.1. The number of hydrogen-bond donors (Lipinski definition) is 4. The lowest BCUT2D eigenvalue weighted by Gasteiger charge is -2.10. The van der Waals surface area contributed by atoms with Crippen molar-refractivity contribution < 1.29 is 19.8 Å². The molecule has 0 bridgehead atoms. The fourth-order valence-electron chi connectivity index (χ4n) is 0.944. The second-order valence-electron chi connectivity index (χ2n) is 3.54. The quantitative estimate of drug-likeness (QED) is 0.434. The number of rotatable bonds is 7. The number of nitrogens with two attached hydrogens (primary N) is 1. The number of carboxylic acid groups (broad SMARTS) is 1. The molecule has 2 atom stereocenters. The van der Waals surface area contributed by atoms with E-state index in [-0.39, 0.29) is 24.8 Å². The van der Waals surface area contributed by atoms with E-state index in [1.807, 2.05) is 6.92 Å². The predicted octanol–water partition coefficient (Wildman–Crippen LogP) is -1.08. The maximum absolute atomic E-state index is 11.2. The summed E-state index contributed by atoms with van der Waals surface area (Å²) < 4.78 is 0. The van der Waals surface area contributed by atoms with Gasteiger partial charge in [0, 0.05) is 19.4 Å². The van der Waals surface area contributed by atoms with Gasteiger partial charge in [0.05, 0.1) is 0 Å². The smallest absolute Gasteiger partial charge is 0.332 e. The number of hydrogen-bond acceptors (Lipinski definition) is 4. The van der Waals surface area contributed by atoms with Crippen molar-refractivity contribution in [2.24, 2.45) is 11.7 Å². The molecule has 0 heterocycles. The molecule has 0 aliphatic heterocycles. The Morgan fingerprint density at radius 2 is 2.07 bits per heavy atom. The Morgan fingerprint density at radius 3 is 2.53 bits per heavy atom. The molecule has 0 aliphatic rings. The van der Waals surface area contributed by atoms with Gasteiger partial charge in [-0.05, 0) is 12.5 Å². The Labute approximate surface area is 88.5 Å². The van der Waals surface area contributed by atoms with Gasteiger partial charge in [0.2, 0.25) is 5.91 Å². The minimum atomic E-state index is -1.42. The van der Waals surface area contributed by atoms with Gasteiger partial charge in [0.1, 0.15) is 0 Å². The van der Waals surface area contributed by atoms with Crippen LogP contribution in [0.25, 0.3) is 0 Å². The zero-order valence-corrected chi connectivity index (χ0v) is 8.77. The average molecular weight is 218 g/mol. The van der Waals surface area contributed by atoms with Gasteiger partial charge in [0.25, 0.3) is 0 Å². The van der Waals surface area contributed by atoms with Crippen LogP contribution >= 0.6 is 0 Å². The van der Waals surface area contributed by atoms with Gasteiger partial charge in [-0.2, -0.15) is 0 Å². The van der Waals surface area contributed by atoms with Crippen LogP contribution in [0.5, 0.6) is 0 Å². The molecule has 6 heteroatoms. The molecule has 0 fully saturated rings. The van der Waals surface area contributed by atoms with Crippen LogP contribution in [0.2, 0.25) is 0 Å². The van der Waals surface area contributed by atoms with Crippen LogP contribution in [0.15, 0.2) is 0 Å². The number of aliphatic hydroxyl groups is 1. The number of amides is 1. The molecule has 88 valence electrons. The van der Waals surface area contributed by atoms with Crippen molar-refractivity contribution in [1.82, 2.24) is 5.32 Å². The van der Waals surface area contributed by atoms with Crippen molar-refractivity contribution in [3.05, 3.63) is 0 Å². The average Bonchev–Trinajstić information content (AvgIpc) is 2.17. The second-order valence-corrected chi connectivity index (χ2v) is 3.54. The van der Waals surface area contributed by atoms with Crippen LogP contribution in [0.4, 0.5) is 0 Å². The Hall–Kier alpha value is -1.14. The molecule has 0 spiro atoms. The molecule has 0 aliphatic carbocycles. The van der Waals surface area contributed by atoms with Gasteiger partial charge in [-0.3, -0.25) is 4.79 Å². The number of aliphatic carboxylic acids is 1. The minimum absolute atomic E-state index is 0.0120. The molecule has 0 radical (unpaired) electrons. The molecule has 0 saturated carbocycles. The third-order valence-corrected chi connectivity index (χ3v) is 1.96. The molecule has 0 aromatic rings. The van der Waals surface area contributed by atoms with Crippen molar-refractivity contribution in [2.45, 2.75) is 25.9 Å². The largest absolute Gasteiger partial charge is 0.479 e. The predicted molar refractivity (Wildman–Crippen MR) is 54.1 cm³/mol. The first kappa shape index (κ1) is 13.9. The SMILES string of the molecule is CC(CN)CC(=O)NCCC(O)C(=O)O. The number of aliphatic hydroxyl groups excluding tert-OH is 1. The summed E-state index contributed by atoms with van der Waals surface area (Å²) in [5, 5.41) is 19.8. The highest BCUT2D eigenvalue weighted by Gasteiger charge is 2.13. The topological polar surface area (TPSA) is 113 Å². The Kier molecular flexibility index (Phi) is 6.64. The van der Waals surface area contributed by atoms with Gasteiger partial charge in [-0.1, -0.05) is 6.92 Å². The van der Waals surface area contributed by atoms with E-state index in [4.69, 9.17) is 15.9 Å². The van der Waals surface area contributed by atoms with Crippen LogP contribution in [-0.2, 0) is 9.59 Å². The summed E-state index contributed by atoms with van der Waals surface area (Å²) in [5.74, 6) is -1.35. The van der Waals surface area contributed by atoms with E-state index < -0.39 is 12.1 Å². The van der Waals surface area contributed by atoms with Crippen LogP contribution in [-0.4, -0.2) is 41.3 Å². The monoisotopic (exact) mass is 218 g/mol. The highest BCUT2D eigenvalue weighted by molar-refractivity contribution is 5.76.